The van der Waals surface area contributed by atoms with Gasteiger partial charge in [0, 0.05) is 40.9 Å². The number of carbonyl (C=O) groups is 3. The average Bonchev–Trinajstić information content (AvgIpc) is 2.85. The van der Waals surface area contributed by atoms with Crippen LogP contribution in [0.15, 0.2) is 91.0 Å². The van der Waals surface area contributed by atoms with Crippen LogP contribution in [-0.4, -0.2) is 35.7 Å². The predicted molar refractivity (Wildman–Crippen MR) is 124 cm³/mol. The zero-order chi connectivity index (χ0) is 22.9. The van der Waals surface area contributed by atoms with Crippen LogP contribution < -0.4 is 4.90 Å². The molecule has 0 aromatic heterocycles. The topological polar surface area (TPSA) is 57.7 Å². The zero-order valence-corrected chi connectivity index (χ0v) is 17.6. The maximum Gasteiger partial charge on any atom is 0.261 e. The standard InChI is InChI=1S/C27H19FN2O3/c28-20-11-6-12-21(17-20)29(25(31)19-7-2-1-3-8-19)15-16-30-26(32)22-13-4-9-18-10-5-14-23(24(18)22)27(30)33/h1-14,17H,15-16H2. The van der Waals surface area contributed by atoms with Crippen molar-refractivity contribution in [3.63, 3.8) is 0 Å². The molecule has 4 aromatic carbocycles. The van der Waals surface area contributed by atoms with Gasteiger partial charge in [-0.05, 0) is 47.9 Å². The van der Waals surface area contributed by atoms with E-state index in [0.717, 1.165) is 10.3 Å². The number of amides is 3. The Morgan fingerprint density at radius 2 is 1.42 bits per heavy atom. The summed E-state index contributed by atoms with van der Waals surface area (Å²) in [6.45, 7) is -0.00964. The summed E-state index contributed by atoms with van der Waals surface area (Å²) >= 11 is 0. The summed E-state index contributed by atoms with van der Waals surface area (Å²) < 4.78 is 13.9. The van der Waals surface area contributed by atoms with Crippen molar-refractivity contribution in [3.05, 3.63) is 114 Å². The van der Waals surface area contributed by atoms with Crippen molar-refractivity contribution in [2.75, 3.05) is 18.0 Å². The van der Waals surface area contributed by atoms with Gasteiger partial charge in [-0.3, -0.25) is 19.3 Å². The summed E-state index contributed by atoms with van der Waals surface area (Å²) in [5.41, 5.74) is 1.68. The van der Waals surface area contributed by atoms with E-state index in [4.69, 9.17) is 0 Å². The molecule has 0 fully saturated rings. The first-order valence-electron chi connectivity index (χ1n) is 10.5. The number of nitrogens with zero attached hydrogens (tertiary/aromatic N) is 2. The quantitative estimate of drug-likeness (QED) is 0.416. The Morgan fingerprint density at radius 3 is 2.06 bits per heavy atom. The van der Waals surface area contributed by atoms with E-state index in [9.17, 15) is 18.8 Å². The van der Waals surface area contributed by atoms with Gasteiger partial charge in [-0.1, -0.05) is 48.5 Å². The van der Waals surface area contributed by atoms with Gasteiger partial charge in [0.2, 0.25) is 0 Å². The highest BCUT2D eigenvalue weighted by molar-refractivity contribution is 6.25. The normalized spacial score (nSPS) is 12.8. The lowest BCUT2D eigenvalue weighted by Crippen LogP contribution is -2.46. The zero-order valence-electron chi connectivity index (χ0n) is 17.6. The molecular formula is C27H19FN2O3. The number of anilines is 1. The monoisotopic (exact) mass is 438 g/mol. The SMILES string of the molecule is O=C1c2cccc3cccc(c23)C(=O)N1CCN(C(=O)c1ccccc1)c1cccc(F)c1. The van der Waals surface area contributed by atoms with E-state index in [2.05, 4.69) is 0 Å². The molecule has 5 rings (SSSR count). The lowest BCUT2D eigenvalue weighted by atomic mass is 9.94. The summed E-state index contributed by atoms with van der Waals surface area (Å²) in [6, 6.07) is 25.0. The van der Waals surface area contributed by atoms with Crippen molar-refractivity contribution in [1.29, 1.82) is 0 Å². The van der Waals surface area contributed by atoms with Crippen molar-refractivity contribution in [2.24, 2.45) is 0 Å². The van der Waals surface area contributed by atoms with E-state index >= 15 is 0 Å². The van der Waals surface area contributed by atoms with Gasteiger partial charge in [0.05, 0.1) is 0 Å². The fourth-order valence-electron chi connectivity index (χ4n) is 4.21. The van der Waals surface area contributed by atoms with Crippen LogP contribution in [0.5, 0.6) is 0 Å². The molecule has 0 atom stereocenters. The van der Waals surface area contributed by atoms with Crippen molar-refractivity contribution in [2.45, 2.75) is 0 Å². The fourth-order valence-corrected chi connectivity index (χ4v) is 4.21. The van der Waals surface area contributed by atoms with E-state index in [0.29, 0.717) is 27.8 Å². The van der Waals surface area contributed by atoms with Crippen LogP contribution in [0.2, 0.25) is 0 Å². The maximum atomic E-state index is 13.9. The molecule has 1 aliphatic heterocycles. The summed E-state index contributed by atoms with van der Waals surface area (Å²) in [5.74, 6) is -1.64. The molecule has 1 aliphatic rings. The van der Waals surface area contributed by atoms with Gasteiger partial charge in [0.1, 0.15) is 5.82 Å². The van der Waals surface area contributed by atoms with Gasteiger partial charge >= 0.3 is 0 Å². The molecule has 0 unspecified atom stereocenters. The second-order valence-corrected chi connectivity index (χ2v) is 7.77. The number of carbonyl (C=O) groups excluding carboxylic acids is 3. The van der Waals surface area contributed by atoms with Crippen molar-refractivity contribution >= 4 is 34.2 Å². The van der Waals surface area contributed by atoms with Crippen LogP contribution in [0.25, 0.3) is 10.8 Å². The molecule has 6 heteroatoms. The third-order valence-corrected chi connectivity index (χ3v) is 5.79. The number of imide groups is 1. The van der Waals surface area contributed by atoms with Gasteiger partial charge in [-0.2, -0.15) is 0 Å². The average molecular weight is 438 g/mol. The fraction of sp³-hybridized carbons (Fsp3) is 0.0741. The predicted octanol–water partition coefficient (Wildman–Crippen LogP) is 4.92. The summed E-state index contributed by atoms with van der Waals surface area (Å²) in [4.78, 5) is 42.2. The minimum atomic E-state index is -0.482. The smallest absolute Gasteiger partial charge is 0.261 e. The van der Waals surface area contributed by atoms with Crippen LogP contribution in [0.4, 0.5) is 10.1 Å². The molecule has 162 valence electrons. The Balaban J connectivity index is 1.48. The second kappa shape index (κ2) is 8.31. The molecule has 1 heterocycles. The largest absolute Gasteiger partial charge is 0.306 e. The van der Waals surface area contributed by atoms with Crippen LogP contribution >= 0.6 is 0 Å². The first-order chi connectivity index (χ1) is 16.0. The second-order valence-electron chi connectivity index (χ2n) is 7.77. The third kappa shape index (κ3) is 3.65. The van der Waals surface area contributed by atoms with Crippen LogP contribution in [-0.2, 0) is 0 Å². The lowest BCUT2D eigenvalue weighted by Gasteiger charge is -2.30. The van der Waals surface area contributed by atoms with Crippen molar-refractivity contribution in [3.8, 4) is 0 Å². The molecule has 33 heavy (non-hydrogen) atoms. The molecule has 5 nitrogen and oxygen atoms in total. The number of benzene rings is 4. The molecule has 0 bridgehead atoms. The molecule has 0 saturated heterocycles. The van der Waals surface area contributed by atoms with Gasteiger partial charge in [0.25, 0.3) is 17.7 Å². The molecule has 0 radical (unpaired) electrons. The molecule has 0 spiro atoms. The van der Waals surface area contributed by atoms with Crippen LogP contribution in [0.3, 0.4) is 0 Å². The summed E-state index contributed by atoms with van der Waals surface area (Å²) in [7, 11) is 0. The summed E-state index contributed by atoms with van der Waals surface area (Å²) in [6.07, 6.45) is 0. The molecule has 0 saturated carbocycles. The molecule has 4 aromatic rings. The van der Waals surface area contributed by atoms with Gasteiger partial charge < -0.3 is 4.90 Å². The number of hydrogen-bond donors (Lipinski definition) is 0. The van der Waals surface area contributed by atoms with Gasteiger partial charge in [-0.15, -0.1) is 0 Å². The summed E-state index contributed by atoms with van der Waals surface area (Å²) in [5, 5.41) is 1.47. The molecule has 3 amide bonds. The molecular weight excluding hydrogens is 419 g/mol. The Labute approximate surface area is 189 Å². The minimum absolute atomic E-state index is 0.0206. The van der Waals surface area contributed by atoms with E-state index in [1.807, 2.05) is 12.1 Å². The Hall–Kier alpha value is -4.32. The van der Waals surface area contributed by atoms with E-state index in [-0.39, 0.29) is 19.0 Å². The maximum absolute atomic E-state index is 13.9. The molecule has 0 N–H and O–H groups in total. The van der Waals surface area contributed by atoms with Crippen LogP contribution in [0.1, 0.15) is 31.1 Å². The third-order valence-electron chi connectivity index (χ3n) is 5.79. The molecule has 0 aliphatic carbocycles. The number of hydrogen-bond acceptors (Lipinski definition) is 3. The lowest BCUT2D eigenvalue weighted by molar-refractivity contribution is 0.0611. The minimum Gasteiger partial charge on any atom is -0.306 e. The number of halogens is 1. The van der Waals surface area contributed by atoms with Crippen molar-refractivity contribution in [1.82, 2.24) is 4.90 Å². The highest BCUT2D eigenvalue weighted by Gasteiger charge is 2.33. The van der Waals surface area contributed by atoms with E-state index in [1.54, 1.807) is 60.7 Å². The van der Waals surface area contributed by atoms with E-state index in [1.165, 1.54) is 23.1 Å². The van der Waals surface area contributed by atoms with Gasteiger partial charge in [-0.25, -0.2) is 4.39 Å². The Kier molecular flexibility index (Phi) is 5.18. The van der Waals surface area contributed by atoms with Crippen molar-refractivity contribution < 1.29 is 18.8 Å². The Bertz CT molecular complexity index is 1350. The number of rotatable bonds is 5. The van der Waals surface area contributed by atoms with Crippen LogP contribution in [0, 0.1) is 5.82 Å². The van der Waals surface area contributed by atoms with Gasteiger partial charge in [0.15, 0.2) is 0 Å². The first kappa shape index (κ1) is 20.6. The van der Waals surface area contributed by atoms with E-state index < -0.39 is 17.6 Å². The highest BCUT2D eigenvalue weighted by Crippen LogP contribution is 2.30. The highest BCUT2D eigenvalue weighted by atomic mass is 19.1. The Morgan fingerprint density at radius 1 is 0.788 bits per heavy atom. The first-order valence-corrected chi connectivity index (χ1v) is 10.5.